The highest BCUT2D eigenvalue weighted by Crippen LogP contribution is 2.28. The van der Waals surface area contributed by atoms with Crippen molar-refractivity contribution < 1.29 is 54.7 Å². The number of ether oxygens (including phenoxy) is 4. The molecule has 0 aliphatic carbocycles. The molecule has 7 N–H and O–H groups in total. The highest BCUT2D eigenvalue weighted by atomic mass is 16.7. The minimum absolute atomic E-state index is 0. The van der Waals surface area contributed by atoms with Gasteiger partial charge in [-0.05, 0) is 0 Å². The fourth-order valence-corrected chi connectivity index (χ4v) is 2.72. The van der Waals surface area contributed by atoms with Crippen LogP contribution in [0.25, 0.3) is 0 Å². The predicted molar refractivity (Wildman–Crippen MR) is 86.9 cm³/mol. The molecule has 2 rings (SSSR count). The molecular formula is C15H32O11. The second-order valence-electron chi connectivity index (χ2n) is 5.80. The summed E-state index contributed by atoms with van der Waals surface area (Å²) in [6, 6.07) is 0. The standard InChI is InChI=1S/C13H24O11.2CH4/c1-21-3-5-11(8(17)9(18)12(20)22-5)24-13-10(19)7(16)6(15)4(2-14)23-13;;/h4-20H,2-3H2,1H3;2*1H4/t4?,5?,6-,7-,8+,9?,10?,11-,12+,13-;;/m1../s1. The summed E-state index contributed by atoms with van der Waals surface area (Å²) in [5.41, 5.74) is 0. The van der Waals surface area contributed by atoms with Crippen LogP contribution in [0, 0.1) is 0 Å². The van der Waals surface area contributed by atoms with Crippen LogP contribution in [0.5, 0.6) is 0 Å². The van der Waals surface area contributed by atoms with Crippen molar-refractivity contribution in [3.63, 3.8) is 0 Å². The number of hydrogen-bond donors (Lipinski definition) is 7. The zero-order valence-electron chi connectivity index (χ0n) is 13.0. The molecule has 0 aromatic carbocycles. The Balaban J connectivity index is 0.00000312. The van der Waals surface area contributed by atoms with Crippen molar-refractivity contribution in [2.45, 2.75) is 76.3 Å². The molecule has 10 atom stereocenters. The second kappa shape index (κ2) is 10.8. The Morgan fingerprint density at radius 3 is 1.92 bits per heavy atom. The molecule has 0 saturated carbocycles. The third-order valence-electron chi connectivity index (χ3n) is 4.13. The van der Waals surface area contributed by atoms with Gasteiger partial charge in [-0.15, -0.1) is 0 Å². The van der Waals surface area contributed by atoms with Crippen LogP contribution >= 0.6 is 0 Å². The molecule has 11 nitrogen and oxygen atoms in total. The quantitative estimate of drug-likeness (QED) is 0.249. The Labute approximate surface area is 152 Å². The van der Waals surface area contributed by atoms with Crippen molar-refractivity contribution in [3.05, 3.63) is 0 Å². The van der Waals surface area contributed by atoms with E-state index >= 15 is 0 Å². The topological polar surface area (TPSA) is 179 Å². The van der Waals surface area contributed by atoms with Crippen LogP contribution in [0.3, 0.4) is 0 Å². The first-order chi connectivity index (χ1) is 11.3. The highest BCUT2D eigenvalue weighted by Gasteiger charge is 2.50. The zero-order chi connectivity index (χ0) is 18.0. The summed E-state index contributed by atoms with van der Waals surface area (Å²) in [4.78, 5) is 0. The average molecular weight is 388 g/mol. The molecule has 0 bridgehead atoms. The Morgan fingerprint density at radius 1 is 0.769 bits per heavy atom. The van der Waals surface area contributed by atoms with Crippen LogP contribution < -0.4 is 0 Å². The third-order valence-corrected chi connectivity index (χ3v) is 4.13. The summed E-state index contributed by atoms with van der Waals surface area (Å²) < 4.78 is 20.6. The molecule has 0 amide bonds. The first-order valence-corrected chi connectivity index (χ1v) is 7.46. The molecule has 11 heteroatoms. The van der Waals surface area contributed by atoms with Gasteiger partial charge in [-0.3, -0.25) is 0 Å². The maximum Gasteiger partial charge on any atom is 0.187 e. The lowest BCUT2D eigenvalue weighted by molar-refractivity contribution is -0.355. The van der Waals surface area contributed by atoms with Gasteiger partial charge in [-0.25, -0.2) is 0 Å². The summed E-state index contributed by atoms with van der Waals surface area (Å²) in [5.74, 6) is 0. The van der Waals surface area contributed by atoms with E-state index in [9.17, 15) is 30.6 Å². The van der Waals surface area contributed by atoms with Gasteiger partial charge in [0, 0.05) is 7.11 Å². The summed E-state index contributed by atoms with van der Waals surface area (Å²) in [6.07, 6.45) is -14.8. The fraction of sp³-hybridized carbons (Fsp3) is 1.00. The van der Waals surface area contributed by atoms with Crippen LogP contribution in [-0.2, 0) is 18.9 Å². The molecule has 2 aliphatic rings. The molecule has 2 fully saturated rings. The molecule has 4 unspecified atom stereocenters. The SMILES string of the molecule is C.C.COCC1O[C@H](O)C(O)[C@H](O)[C@@H]1O[C@H]1OC(CO)[C@@H](O)[C@@H](O)C1O. The van der Waals surface area contributed by atoms with E-state index < -0.39 is 68.0 Å². The van der Waals surface area contributed by atoms with Gasteiger partial charge in [0.15, 0.2) is 12.6 Å². The second-order valence-corrected chi connectivity index (χ2v) is 5.80. The van der Waals surface area contributed by atoms with E-state index in [-0.39, 0.29) is 21.5 Å². The number of hydrogen-bond acceptors (Lipinski definition) is 11. The number of aliphatic hydroxyl groups excluding tert-OH is 7. The summed E-state index contributed by atoms with van der Waals surface area (Å²) in [6.45, 7) is -0.750. The lowest BCUT2D eigenvalue weighted by Crippen LogP contribution is -2.64. The van der Waals surface area contributed by atoms with Crippen molar-refractivity contribution in [2.24, 2.45) is 0 Å². The normalized spacial score (nSPS) is 46.2. The maximum absolute atomic E-state index is 10.1. The van der Waals surface area contributed by atoms with Gasteiger partial charge in [-0.2, -0.15) is 0 Å². The van der Waals surface area contributed by atoms with Crippen LogP contribution in [0.2, 0.25) is 0 Å². The van der Waals surface area contributed by atoms with Crippen LogP contribution in [0.4, 0.5) is 0 Å². The van der Waals surface area contributed by atoms with Crippen LogP contribution in [-0.4, -0.2) is 117 Å². The lowest BCUT2D eigenvalue weighted by Gasteiger charge is -2.45. The van der Waals surface area contributed by atoms with E-state index in [0.717, 1.165) is 0 Å². The molecule has 0 aromatic heterocycles. The van der Waals surface area contributed by atoms with Gasteiger partial charge in [0.05, 0.1) is 13.2 Å². The molecule has 0 radical (unpaired) electrons. The largest absolute Gasteiger partial charge is 0.394 e. The van der Waals surface area contributed by atoms with Crippen molar-refractivity contribution >= 4 is 0 Å². The zero-order valence-corrected chi connectivity index (χ0v) is 13.0. The van der Waals surface area contributed by atoms with Gasteiger partial charge < -0.3 is 54.7 Å². The van der Waals surface area contributed by atoms with Gasteiger partial charge in [0.25, 0.3) is 0 Å². The summed E-state index contributed by atoms with van der Waals surface area (Å²) in [7, 11) is 1.35. The molecule has 0 aromatic rings. The van der Waals surface area contributed by atoms with Gasteiger partial charge >= 0.3 is 0 Å². The van der Waals surface area contributed by atoms with Gasteiger partial charge in [-0.1, -0.05) is 14.9 Å². The first-order valence-electron chi connectivity index (χ1n) is 7.46. The minimum atomic E-state index is -1.68. The molecule has 26 heavy (non-hydrogen) atoms. The number of rotatable bonds is 5. The van der Waals surface area contributed by atoms with Crippen LogP contribution in [0.15, 0.2) is 0 Å². The molecule has 2 saturated heterocycles. The minimum Gasteiger partial charge on any atom is -0.394 e. The summed E-state index contributed by atoms with van der Waals surface area (Å²) in [5, 5.41) is 67.9. The van der Waals surface area contributed by atoms with E-state index in [1.807, 2.05) is 0 Å². The maximum atomic E-state index is 10.1. The monoisotopic (exact) mass is 388 g/mol. The number of methoxy groups -OCH3 is 1. The smallest absolute Gasteiger partial charge is 0.187 e. The Bertz CT molecular complexity index is 396. The van der Waals surface area contributed by atoms with E-state index in [0.29, 0.717) is 0 Å². The molecule has 2 aliphatic heterocycles. The lowest BCUT2D eigenvalue weighted by atomic mass is 9.97. The van der Waals surface area contributed by atoms with Crippen molar-refractivity contribution in [1.29, 1.82) is 0 Å². The Hall–Kier alpha value is -0.440. The summed E-state index contributed by atoms with van der Waals surface area (Å²) >= 11 is 0. The Morgan fingerprint density at radius 2 is 1.38 bits per heavy atom. The van der Waals surface area contributed by atoms with Crippen molar-refractivity contribution in [2.75, 3.05) is 20.3 Å². The van der Waals surface area contributed by atoms with E-state index in [2.05, 4.69) is 0 Å². The van der Waals surface area contributed by atoms with Gasteiger partial charge in [0.1, 0.15) is 48.8 Å². The molecule has 0 spiro atoms. The third kappa shape index (κ3) is 5.09. The molecular weight excluding hydrogens is 356 g/mol. The molecule has 2 heterocycles. The van der Waals surface area contributed by atoms with E-state index in [1.54, 1.807) is 0 Å². The van der Waals surface area contributed by atoms with Crippen molar-refractivity contribution in [1.82, 2.24) is 0 Å². The Kier molecular flexibility index (Phi) is 10.6. The first kappa shape index (κ1) is 25.6. The van der Waals surface area contributed by atoms with E-state index in [1.165, 1.54) is 7.11 Å². The predicted octanol–water partition coefficient (Wildman–Crippen LogP) is -3.47. The van der Waals surface area contributed by atoms with Crippen LogP contribution in [0.1, 0.15) is 14.9 Å². The average Bonchev–Trinajstić information content (AvgIpc) is 2.56. The van der Waals surface area contributed by atoms with E-state index in [4.69, 9.17) is 24.1 Å². The number of aliphatic hydroxyl groups is 7. The fourth-order valence-electron chi connectivity index (χ4n) is 2.72. The highest BCUT2D eigenvalue weighted by molar-refractivity contribution is 4.93. The van der Waals surface area contributed by atoms with Gasteiger partial charge in [0.2, 0.25) is 0 Å². The molecule has 158 valence electrons. The van der Waals surface area contributed by atoms with Crippen molar-refractivity contribution in [3.8, 4) is 0 Å².